The predicted molar refractivity (Wildman–Crippen MR) is 76.7 cm³/mol. The van der Waals surface area contributed by atoms with E-state index < -0.39 is 29.8 Å². The molecule has 132 valence electrons. The van der Waals surface area contributed by atoms with Gasteiger partial charge in [-0.2, -0.15) is 13.2 Å². The van der Waals surface area contributed by atoms with Gasteiger partial charge in [-0.1, -0.05) is 0 Å². The quantitative estimate of drug-likeness (QED) is 0.544. The van der Waals surface area contributed by atoms with Crippen molar-refractivity contribution >= 4 is 12.1 Å². The van der Waals surface area contributed by atoms with Crippen molar-refractivity contribution in [1.82, 2.24) is 4.90 Å². The zero-order valence-corrected chi connectivity index (χ0v) is 13.7. The van der Waals surface area contributed by atoms with E-state index in [-0.39, 0.29) is 31.5 Å². The van der Waals surface area contributed by atoms with E-state index in [4.69, 9.17) is 4.74 Å². The summed E-state index contributed by atoms with van der Waals surface area (Å²) in [5.41, 5.74) is -0.798. The Hall–Kier alpha value is -1.73. The van der Waals surface area contributed by atoms with Crippen LogP contribution in [0.15, 0.2) is 11.6 Å². The Balaban J connectivity index is 2.94. The van der Waals surface area contributed by atoms with E-state index >= 15 is 0 Å². The van der Waals surface area contributed by atoms with Crippen LogP contribution in [-0.2, 0) is 14.3 Å². The zero-order chi connectivity index (χ0) is 17.8. The molecule has 0 aliphatic carbocycles. The highest BCUT2D eigenvalue weighted by Crippen LogP contribution is 2.38. The highest BCUT2D eigenvalue weighted by molar-refractivity contribution is 5.82. The van der Waals surface area contributed by atoms with Gasteiger partial charge in [0.25, 0.3) is 0 Å². The number of carbonyl (C=O) groups is 2. The molecule has 1 heterocycles. The van der Waals surface area contributed by atoms with Crippen LogP contribution < -0.4 is 0 Å². The lowest BCUT2D eigenvalue weighted by Gasteiger charge is -2.26. The van der Waals surface area contributed by atoms with Crippen molar-refractivity contribution in [3.8, 4) is 0 Å². The second-order valence-electron chi connectivity index (χ2n) is 6.34. The molecule has 0 radical (unpaired) electrons. The van der Waals surface area contributed by atoms with Crippen LogP contribution in [0.5, 0.6) is 0 Å². The molecule has 0 aromatic carbocycles. The van der Waals surface area contributed by atoms with E-state index in [1.54, 1.807) is 20.8 Å². The molecule has 1 amide bonds. The lowest BCUT2D eigenvalue weighted by Crippen LogP contribution is -2.37. The van der Waals surface area contributed by atoms with Gasteiger partial charge in [-0.05, 0) is 39.2 Å². The molecule has 0 bridgehead atoms. The number of ether oxygens (including phenoxy) is 2. The number of hydrogen-bond donors (Lipinski definition) is 0. The van der Waals surface area contributed by atoms with E-state index in [0.29, 0.717) is 0 Å². The van der Waals surface area contributed by atoms with Crippen molar-refractivity contribution in [2.45, 2.75) is 45.4 Å². The molecular weight excluding hydrogens is 315 g/mol. The first-order valence-electron chi connectivity index (χ1n) is 7.27. The summed E-state index contributed by atoms with van der Waals surface area (Å²) >= 11 is 0. The number of hydrogen-bond acceptors (Lipinski definition) is 4. The molecule has 1 rings (SSSR count). The Kier molecular flexibility index (Phi) is 6.07. The minimum Gasteiger partial charge on any atom is -0.466 e. The molecule has 1 aliphatic heterocycles. The number of alkyl halides is 3. The normalized spacial score (nSPS) is 21.8. The average molecular weight is 337 g/mol. The van der Waals surface area contributed by atoms with Crippen molar-refractivity contribution in [1.29, 1.82) is 0 Å². The molecule has 0 aromatic rings. The maximum absolute atomic E-state index is 13.2. The molecule has 0 N–H and O–H groups in total. The molecule has 0 aromatic heterocycles. The number of nitrogens with zero attached hydrogens (tertiary/aromatic N) is 1. The Labute approximate surface area is 133 Å². The van der Waals surface area contributed by atoms with Crippen LogP contribution in [0.1, 0.15) is 33.6 Å². The van der Waals surface area contributed by atoms with Gasteiger partial charge in [0.1, 0.15) is 5.60 Å². The smallest absolute Gasteiger partial charge is 0.410 e. The molecule has 1 unspecified atom stereocenters. The number of likely N-dealkylation sites (tertiary alicyclic amines) is 1. The van der Waals surface area contributed by atoms with Gasteiger partial charge in [0, 0.05) is 19.2 Å². The highest BCUT2D eigenvalue weighted by Gasteiger charge is 2.43. The summed E-state index contributed by atoms with van der Waals surface area (Å²) in [7, 11) is 1.10. The molecule has 1 atom stereocenters. The number of esters is 1. The SMILES string of the molecule is COC(=O)/C=C1\CCN(C(=O)OC(C)(C)C)CCC1C(F)(F)F. The van der Waals surface area contributed by atoms with E-state index in [0.717, 1.165) is 13.2 Å². The van der Waals surface area contributed by atoms with Gasteiger partial charge in [-0.3, -0.25) is 0 Å². The molecule has 5 nitrogen and oxygen atoms in total. The highest BCUT2D eigenvalue weighted by atomic mass is 19.4. The van der Waals surface area contributed by atoms with Gasteiger partial charge in [-0.15, -0.1) is 0 Å². The Morgan fingerprint density at radius 3 is 2.30 bits per heavy atom. The summed E-state index contributed by atoms with van der Waals surface area (Å²) in [4.78, 5) is 24.6. The molecule has 1 aliphatic rings. The third-order valence-corrected chi connectivity index (χ3v) is 3.36. The van der Waals surface area contributed by atoms with Gasteiger partial charge in [0.2, 0.25) is 0 Å². The predicted octanol–water partition coefficient (Wildman–Crippen LogP) is 3.30. The number of rotatable bonds is 1. The van der Waals surface area contributed by atoms with Gasteiger partial charge >= 0.3 is 18.2 Å². The second kappa shape index (κ2) is 7.23. The molecular formula is C15H22F3NO4. The van der Waals surface area contributed by atoms with Crippen LogP contribution >= 0.6 is 0 Å². The fraction of sp³-hybridized carbons (Fsp3) is 0.733. The van der Waals surface area contributed by atoms with Gasteiger partial charge in [-0.25, -0.2) is 9.59 Å². The molecule has 8 heteroatoms. The molecule has 1 saturated heterocycles. The summed E-state index contributed by atoms with van der Waals surface area (Å²) in [5, 5.41) is 0. The van der Waals surface area contributed by atoms with Crippen LogP contribution in [0.3, 0.4) is 0 Å². The Morgan fingerprint density at radius 2 is 1.83 bits per heavy atom. The van der Waals surface area contributed by atoms with E-state index in [9.17, 15) is 22.8 Å². The number of methoxy groups -OCH3 is 1. The summed E-state index contributed by atoms with van der Waals surface area (Å²) in [6.45, 7) is 5.03. The summed E-state index contributed by atoms with van der Waals surface area (Å²) in [6, 6.07) is 0. The third-order valence-electron chi connectivity index (χ3n) is 3.36. The number of halogens is 3. The van der Waals surface area contributed by atoms with Crippen molar-refractivity contribution in [2.24, 2.45) is 5.92 Å². The summed E-state index contributed by atoms with van der Waals surface area (Å²) in [6.07, 6.45) is -4.64. The lowest BCUT2D eigenvalue weighted by atomic mass is 9.93. The standard InChI is InChI=1S/C15H22F3NO4/c1-14(2,3)23-13(21)19-7-5-10(9-12(20)22-4)11(6-8-19)15(16,17)18/h9,11H,5-8H2,1-4H3/b10-9+. The van der Waals surface area contributed by atoms with Crippen LogP contribution in [-0.4, -0.2) is 48.9 Å². The molecule has 23 heavy (non-hydrogen) atoms. The molecule has 0 saturated carbocycles. The Morgan fingerprint density at radius 1 is 1.22 bits per heavy atom. The maximum Gasteiger partial charge on any atom is 0.410 e. The number of amides is 1. The Bertz CT molecular complexity index is 480. The first-order chi connectivity index (χ1) is 10.4. The zero-order valence-electron chi connectivity index (χ0n) is 13.7. The molecule has 1 fully saturated rings. The van der Waals surface area contributed by atoms with Crippen molar-refractivity contribution in [3.63, 3.8) is 0 Å². The van der Waals surface area contributed by atoms with Gasteiger partial charge < -0.3 is 14.4 Å². The second-order valence-corrected chi connectivity index (χ2v) is 6.34. The van der Waals surface area contributed by atoms with E-state index in [1.165, 1.54) is 4.90 Å². The van der Waals surface area contributed by atoms with Crippen LogP contribution in [0.4, 0.5) is 18.0 Å². The minimum absolute atomic E-state index is 0.0570. The third kappa shape index (κ3) is 6.11. The fourth-order valence-electron chi connectivity index (χ4n) is 2.29. The van der Waals surface area contributed by atoms with Crippen molar-refractivity contribution in [2.75, 3.05) is 20.2 Å². The largest absolute Gasteiger partial charge is 0.466 e. The van der Waals surface area contributed by atoms with Crippen molar-refractivity contribution in [3.05, 3.63) is 11.6 Å². The van der Waals surface area contributed by atoms with Gasteiger partial charge in [0.15, 0.2) is 0 Å². The lowest BCUT2D eigenvalue weighted by molar-refractivity contribution is -0.165. The minimum atomic E-state index is -4.48. The fourth-order valence-corrected chi connectivity index (χ4v) is 2.29. The van der Waals surface area contributed by atoms with Crippen LogP contribution in [0, 0.1) is 5.92 Å². The first-order valence-corrected chi connectivity index (χ1v) is 7.27. The van der Waals surface area contributed by atoms with Gasteiger partial charge in [0.05, 0.1) is 13.0 Å². The monoisotopic (exact) mass is 337 g/mol. The average Bonchev–Trinajstić information content (AvgIpc) is 2.58. The maximum atomic E-state index is 13.2. The van der Waals surface area contributed by atoms with Crippen LogP contribution in [0.2, 0.25) is 0 Å². The van der Waals surface area contributed by atoms with E-state index in [2.05, 4.69) is 4.74 Å². The number of carbonyl (C=O) groups excluding carboxylic acids is 2. The van der Waals surface area contributed by atoms with Crippen molar-refractivity contribution < 1.29 is 32.2 Å². The van der Waals surface area contributed by atoms with E-state index in [1.807, 2.05) is 0 Å². The summed E-state index contributed by atoms with van der Waals surface area (Å²) < 4.78 is 49.2. The molecule has 0 spiro atoms. The summed E-state index contributed by atoms with van der Waals surface area (Å²) in [5.74, 6) is -2.60. The first kappa shape index (κ1) is 19.3. The van der Waals surface area contributed by atoms with Crippen LogP contribution in [0.25, 0.3) is 0 Å². The topological polar surface area (TPSA) is 55.8 Å².